The van der Waals surface area contributed by atoms with Crippen molar-refractivity contribution in [3.05, 3.63) is 35.6 Å². The first-order valence-corrected chi connectivity index (χ1v) is 8.74. The molecule has 5 nitrogen and oxygen atoms in total. The van der Waals surface area contributed by atoms with Crippen LogP contribution in [0, 0.1) is 5.82 Å². The number of likely N-dealkylation sites (N-methyl/N-ethyl adjacent to an activating group) is 2. The highest BCUT2D eigenvalue weighted by Crippen LogP contribution is 2.06. The molecule has 0 amide bonds. The van der Waals surface area contributed by atoms with Crippen molar-refractivity contribution in [3.63, 3.8) is 0 Å². The minimum absolute atomic E-state index is 0.191. The fourth-order valence-electron chi connectivity index (χ4n) is 2.81. The molecule has 0 spiro atoms. The maximum atomic E-state index is 12.9. The molecule has 0 saturated carbocycles. The molecule has 1 saturated heterocycles. The van der Waals surface area contributed by atoms with Crippen LogP contribution in [0.3, 0.4) is 0 Å². The zero-order valence-corrected chi connectivity index (χ0v) is 15.1. The average molecular weight is 335 g/mol. The van der Waals surface area contributed by atoms with E-state index in [1.54, 1.807) is 0 Å². The van der Waals surface area contributed by atoms with E-state index in [0.29, 0.717) is 6.04 Å². The SMILES string of the molecule is CCNC(=NCC1CN(C)CCN1C)NCCc1ccc(F)cc1. The third-order valence-electron chi connectivity index (χ3n) is 4.40. The van der Waals surface area contributed by atoms with Gasteiger partial charge in [-0.3, -0.25) is 9.89 Å². The van der Waals surface area contributed by atoms with Gasteiger partial charge in [-0.2, -0.15) is 0 Å². The number of hydrogen-bond donors (Lipinski definition) is 2. The highest BCUT2D eigenvalue weighted by atomic mass is 19.1. The maximum absolute atomic E-state index is 12.9. The van der Waals surface area contributed by atoms with Gasteiger partial charge in [-0.15, -0.1) is 0 Å². The Hall–Kier alpha value is -1.66. The van der Waals surface area contributed by atoms with Crippen LogP contribution in [0.5, 0.6) is 0 Å². The van der Waals surface area contributed by atoms with E-state index in [1.807, 2.05) is 12.1 Å². The summed E-state index contributed by atoms with van der Waals surface area (Å²) in [6, 6.07) is 7.12. The van der Waals surface area contributed by atoms with Crippen LogP contribution in [0.1, 0.15) is 12.5 Å². The topological polar surface area (TPSA) is 42.9 Å². The molecular formula is C18H30FN5. The van der Waals surface area contributed by atoms with Gasteiger partial charge in [-0.25, -0.2) is 4.39 Å². The van der Waals surface area contributed by atoms with Crippen molar-refractivity contribution in [2.75, 3.05) is 53.4 Å². The van der Waals surface area contributed by atoms with Crippen molar-refractivity contribution in [3.8, 4) is 0 Å². The number of nitrogens with zero attached hydrogens (tertiary/aromatic N) is 3. The second-order valence-corrected chi connectivity index (χ2v) is 6.42. The third kappa shape index (κ3) is 6.09. The molecule has 1 aromatic rings. The van der Waals surface area contributed by atoms with Gasteiger partial charge in [0, 0.05) is 38.8 Å². The number of piperazine rings is 1. The molecule has 0 aliphatic carbocycles. The molecule has 134 valence electrons. The van der Waals surface area contributed by atoms with Crippen LogP contribution in [0.25, 0.3) is 0 Å². The number of rotatable bonds is 6. The second kappa shape index (κ2) is 9.59. The Labute approximate surface area is 144 Å². The average Bonchev–Trinajstić information content (AvgIpc) is 2.57. The monoisotopic (exact) mass is 335 g/mol. The number of benzene rings is 1. The van der Waals surface area contributed by atoms with Gasteiger partial charge in [-0.05, 0) is 45.1 Å². The van der Waals surface area contributed by atoms with E-state index in [2.05, 4.69) is 41.5 Å². The van der Waals surface area contributed by atoms with E-state index in [-0.39, 0.29) is 5.82 Å². The van der Waals surface area contributed by atoms with Crippen molar-refractivity contribution in [1.29, 1.82) is 0 Å². The van der Waals surface area contributed by atoms with Crippen LogP contribution >= 0.6 is 0 Å². The van der Waals surface area contributed by atoms with Crippen LogP contribution in [-0.2, 0) is 6.42 Å². The number of halogens is 1. The zero-order chi connectivity index (χ0) is 17.4. The Bertz CT molecular complexity index is 517. The molecule has 2 N–H and O–H groups in total. The van der Waals surface area contributed by atoms with Gasteiger partial charge in [0.1, 0.15) is 5.82 Å². The molecule has 1 heterocycles. The normalized spacial score (nSPS) is 20.2. The smallest absolute Gasteiger partial charge is 0.191 e. The highest BCUT2D eigenvalue weighted by Gasteiger charge is 2.21. The highest BCUT2D eigenvalue weighted by molar-refractivity contribution is 5.79. The molecule has 1 fully saturated rings. The first kappa shape index (κ1) is 18.7. The molecule has 24 heavy (non-hydrogen) atoms. The molecule has 2 rings (SSSR count). The predicted molar refractivity (Wildman–Crippen MR) is 98.0 cm³/mol. The van der Waals surface area contributed by atoms with Crippen molar-refractivity contribution in [1.82, 2.24) is 20.4 Å². The Morgan fingerprint density at radius 1 is 1.21 bits per heavy atom. The van der Waals surface area contributed by atoms with E-state index in [9.17, 15) is 4.39 Å². The Morgan fingerprint density at radius 2 is 1.96 bits per heavy atom. The van der Waals surface area contributed by atoms with Gasteiger partial charge < -0.3 is 15.5 Å². The van der Waals surface area contributed by atoms with E-state index in [4.69, 9.17) is 4.99 Å². The van der Waals surface area contributed by atoms with Crippen LogP contribution in [0.15, 0.2) is 29.3 Å². The standard InChI is InChI=1S/C18H30FN5/c1-4-20-18(21-10-9-15-5-7-16(19)8-6-15)22-13-17-14-23(2)11-12-24(17)3/h5-8,17H,4,9-14H2,1-3H3,(H2,20,21,22). The van der Waals surface area contributed by atoms with E-state index >= 15 is 0 Å². The lowest BCUT2D eigenvalue weighted by atomic mass is 10.1. The molecular weight excluding hydrogens is 305 g/mol. The zero-order valence-electron chi connectivity index (χ0n) is 15.1. The van der Waals surface area contributed by atoms with Gasteiger partial charge in [0.15, 0.2) is 5.96 Å². The number of nitrogens with one attached hydrogen (secondary N) is 2. The molecule has 0 radical (unpaired) electrons. The largest absolute Gasteiger partial charge is 0.357 e. The Morgan fingerprint density at radius 3 is 2.67 bits per heavy atom. The summed E-state index contributed by atoms with van der Waals surface area (Å²) in [6.07, 6.45) is 0.844. The molecule has 1 aliphatic rings. The molecule has 6 heteroatoms. The summed E-state index contributed by atoms with van der Waals surface area (Å²) in [5.74, 6) is 0.657. The molecule has 1 aliphatic heterocycles. The number of guanidine groups is 1. The Balaban J connectivity index is 1.82. The van der Waals surface area contributed by atoms with Crippen molar-refractivity contribution < 1.29 is 4.39 Å². The molecule has 0 bridgehead atoms. The summed E-state index contributed by atoms with van der Waals surface area (Å²) in [4.78, 5) is 9.47. The summed E-state index contributed by atoms with van der Waals surface area (Å²) in [5.41, 5.74) is 1.12. The lowest BCUT2D eigenvalue weighted by Gasteiger charge is -2.36. The quantitative estimate of drug-likeness (QED) is 0.605. The molecule has 0 aromatic heterocycles. The van der Waals surface area contributed by atoms with Crippen LogP contribution in [0.2, 0.25) is 0 Å². The van der Waals surface area contributed by atoms with E-state index in [1.165, 1.54) is 12.1 Å². The lowest BCUT2D eigenvalue weighted by Crippen LogP contribution is -2.51. The van der Waals surface area contributed by atoms with Crippen molar-refractivity contribution >= 4 is 5.96 Å². The second-order valence-electron chi connectivity index (χ2n) is 6.42. The van der Waals surface area contributed by atoms with Gasteiger partial charge in [-0.1, -0.05) is 12.1 Å². The molecule has 1 unspecified atom stereocenters. The maximum Gasteiger partial charge on any atom is 0.191 e. The predicted octanol–water partition coefficient (Wildman–Crippen LogP) is 1.17. The fourth-order valence-corrected chi connectivity index (χ4v) is 2.81. The summed E-state index contributed by atoms with van der Waals surface area (Å²) >= 11 is 0. The molecule has 1 atom stereocenters. The minimum Gasteiger partial charge on any atom is -0.357 e. The summed E-state index contributed by atoms with van der Waals surface area (Å²) < 4.78 is 12.9. The lowest BCUT2D eigenvalue weighted by molar-refractivity contribution is 0.119. The first-order chi connectivity index (χ1) is 11.6. The summed E-state index contributed by atoms with van der Waals surface area (Å²) in [5, 5.41) is 6.65. The van der Waals surface area contributed by atoms with Crippen LogP contribution in [0.4, 0.5) is 4.39 Å². The van der Waals surface area contributed by atoms with Gasteiger partial charge in [0.25, 0.3) is 0 Å². The number of aliphatic imine (C=N–C) groups is 1. The van der Waals surface area contributed by atoms with Gasteiger partial charge in [0.05, 0.1) is 6.54 Å². The van der Waals surface area contributed by atoms with E-state index < -0.39 is 0 Å². The van der Waals surface area contributed by atoms with Crippen molar-refractivity contribution in [2.24, 2.45) is 4.99 Å². The minimum atomic E-state index is -0.191. The Kier molecular flexibility index (Phi) is 7.46. The third-order valence-corrected chi connectivity index (χ3v) is 4.40. The fraction of sp³-hybridized carbons (Fsp3) is 0.611. The van der Waals surface area contributed by atoms with Gasteiger partial charge in [0.2, 0.25) is 0 Å². The number of hydrogen-bond acceptors (Lipinski definition) is 3. The molecule has 1 aromatic carbocycles. The van der Waals surface area contributed by atoms with E-state index in [0.717, 1.165) is 57.2 Å². The van der Waals surface area contributed by atoms with Crippen molar-refractivity contribution in [2.45, 2.75) is 19.4 Å². The summed E-state index contributed by atoms with van der Waals surface area (Å²) in [7, 11) is 4.33. The summed E-state index contributed by atoms with van der Waals surface area (Å²) in [6.45, 7) is 7.72. The van der Waals surface area contributed by atoms with Gasteiger partial charge >= 0.3 is 0 Å². The van der Waals surface area contributed by atoms with Crippen LogP contribution < -0.4 is 10.6 Å². The van der Waals surface area contributed by atoms with Crippen LogP contribution in [-0.4, -0.2) is 75.2 Å². The first-order valence-electron chi connectivity index (χ1n) is 8.74.